The summed E-state index contributed by atoms with van der Waals surface area (Å²) >= 11 is 6.09. The SMILES string of the molecule is Cc1cc(Oc2ncnc(N3CCN(Cc4ccccc4)CC3)c2N)ccc1Cl. The van der Waals surface area contributed by atoms with E-state index in [0.717, 1.165) is 44.1 Å². The van der Waals surface area contributed by atoms with Crippen molar-refractivity contribution in [1.29, 1.82) is 0 Å². The van der Waals surface area contributed by atoms with E-state index in [9.17, 15) is 0 Å². The average molecular weight is 410 g/mol. The van der Waals surface area contributed by atoms with Gasteiger partial charge in [-0.3, -0.25) is 4.90 Å². The molecular formula is C22H24ClN5O. The van der Waals surface area contributed by atoms with Gasteiger partial charge in [0.25, 0.3) is 0 Å². The standard InChI is InChI=1S/C22H24ClN5O/c1-16-13-18(7-8-19(16)23)29-22-20(24)21(25-15-26-22)28-11-9-27(10-12-28)14-17-5-3-2-4-6-17/h2-8,13,15H,9-12,14,24H2,1H3. The van der Waals surface area contributed by atoms with Gasteiger partial charge in [-0.25, -0.2) is 4.98 Å². The Labute approximate surface area is 175 Å². The number of hydrogen-bond acceptors (Lipinski definition) is 6. The largest absolute Gasteiger partial charge is 0.437 e. The average Bonchev–Trinajstić information content (AvgIpc) is 2.74. The first kappa shape index (κ1) is 19.5. The van der Waals surface area contributed by atoms with Crippen molar-refractivity contribution < 1.29 is 4.74 Å². The van der Waals surface area contributed by atoms with Gasteiger partial charge in [0, 0.05) is 37.7 Å². The first-order valence-corrected chi connectivity index (χ1v) is 10.0. The number of nitrogens with two attached hydrogens (primary N) is 1. The minimum atomic E-state index is 0.364. The van der Waals surface area contributed by atoms with E-state index in [2.05, 4.69) is 44.0 Å². The minimum Gasteiger partial charge on any atom is -0.437 e. The summed E-state index contributed by atoms with van der Waals surface area (Å²) in [5.41, 5.74) is 9.08. The molecule has 1 aliphatic rings. The molecule has 29 heavy (non-hydrogen) atoms. The van der Waals surface area contributed by atoms with Crippen molar-refractivity contribution >= 4 is 23.1 Å². The Bertz CT molecular complexity index is 974. The fourth-order valence-corrected chi connectivity index (χ4v) is 3.57. The summed E-state index contributed by atoms with van der Waals surface area (Å²) in [4.78, 5) is 13.3. The molecule has 3 aromatic rings. The summed E-state index contributed by atoms with van der Waals surface area (Å²) in [6.45, 7) is 6.49. The van der Waals surface area contributed by atoms with E-state index in [4.69, 9.17) is 22.1 Å². The summed E-state index contributed by atoms with van der Waals surface area (Å²) in [7, 11) is 0. The molecule has 4 rings (SSSR count). The van der Waals surface area contributed by atoms with E-state index in [1.54, 1.807) is 12.1 Å². The molecule has 6 nitrogen and oxygen atoms in total. The smallest absolute Gasteiger partial charge is 0.248 e. The van der Waals surface area contributed by atoms with Gasteiger partial charge in [0.15, 0.2) is 5.82 Å². The van der Waals surface area contributed by atoms with Crippen LogP contribution in [-0.2, 0) is 6.54 Å². The second-order valence-electron chi connectivity index (χ2n) is 7.18. The van der Waals surface area contributed by atoms with E-state index in [1.165, 1.54) is 11.9 Å². The lowest BCUT2D eigenvalue weighted by atomic mass is 10.2. The van der Waals surface area contributed by atoms with Gasteiger partial charge < -0.3 is 15.4 Å². The number of ether oxygens (including phenoxy) is 1. The molecular weight excluding hydrogens is 386 g/mol. The zero-order valence-electron chi connectivity index (χ0n) is 16.4. The molecule has 0 aliphatic carbocycles. The summed E-state index contributed by atoms with van der Waals surface area (Å²) in [6, 6.07) is 16.0. The fourth-order valence-electron chi connectivity index (χ4n) is 3.46. The lowest BCUT2D eigenvalue weighted by molar-refractivity contribution is 0.249. The number of nitrogens with zero attached hydrogens (tertiary/aromatic N) is 4. The highest BCUT2D eigenvalue weighted by atomic mass is 35.5. The number of aryl methyl sites for hydroxylation is 1. The highest BCUT2D eigenvalue weighted by Gasteiger charge is 2.22. The van der Waals surface area contributed by atoms with Crippen LogP contribution in [0.2, 0.25) is 5.02 Å². The Morgan fingerprint density at radius 1 is 1.03 bits per heavy atom. The van der Waals surface area contributed by atoms with Gasteiger partial charge in [0.2, 0.25) is 5.88 Å². The third-order valence-electron chi connectivity index (χ3n) is 5.09. The van der Waals surface area contributed by atoms with Crippen LogP contribution in [0, 0.1) is 6.92 Å². The number of nitrogen functional groups attached to an aromatic ring is 1. The zero-order valence-corrected chi connectivity index (χ0v) is 17.1. The number of benzene rings is 2. The highest BCUT2D eigenvalue weighted by Crippen LogP contribution is 2.33. The van der Waals surface area contributed by atoms with E-state index in [0.29, 0.717) is 22.3 Å². The number of anilines is 2. The van der Waals surface area contributed by atoms with Gasteiger partial charge in [0.05, 0.1) is 0 Å². The van der Waals surface area contributed by atoms with Crippen LogP contribution < -0.4 is 15.4 Å². The maximum atomic E-state index is 6.36. The van der Waals surface area contributed by atoms with Crippen molar-refractivity contribution in [2.45, 2.75) is 13.5 Å². The van der Waals surface area contributed by atoms with Crippen LogP contribution in [0.1, 0.15) is 11.1 Å². The van der Waals surface area contributed by atoms with Gasteiger partial charge in [-0.2, -0.15) is 4.98 Å². The van der Waals surface area contributed by atoms with Gasteiger partial charge in [-0.1, -0.05) is 41.9 Å². The molecule has 1 saturated heterocycles. The van der Waals surface area contributed by atoms with E-state index >= 15 is 0 Å². The fraction of sp³-hybridized carbons (Fsp3) is 0.273. The number of aromatic nitrogens is 2. The third kappa shape index (κ3) is 4.60. The van der Waals surface area contributed by atoms with Crippen LogP contribution in [-0.4, -0.2) is 41.0 Å². The van der Waals surface area contributed by atoms with Crippen LogP contribution in [0.4, 0.5) is 11.5 Å². The number of halogens is 1. The summed E-state index contributed by atoms with van der Waals surface area (Å²) in [6.07, 6.45) is 1.50. The van der Waals surface area contributed by atoms with Crippen LogP contribution in [0.15, 0.2) is 54.9 Å². The summed E-state index contributed by atoms with van der Waals surface area (Å²) in [5.74, 6) is 1.74. The molecule has 2 heterocycles. The Hall–Kier alpha value is -2.83. The van der Waals surface area contributed by atoms with Gasteiger partial charge in [-0.15, -0.1) is 0 Å². The maximum absolute atomic E-state index is 6.36. The maximum Gasteiger partial charge on any atom is 0.248 e. The van der Waals surface area contributed by atoms with Crippen LogP contribution in [0.3, 0.4) is 0 Å². The highest BCUT2D eigenvalue weighted by molar-refractivity contribution is 6.31. The van der Waals surface area contributed by atoms with Crippen LogP contribution >= 0.6 is 11.6 Å². The van der Waals surface area contributed by atoms with Crippen molar-refractivity contribution in [1.82, 2.24) is 14.9 Å². The predicted octanol–water partition coefficient (Wildman–Crippen LogP) is 4.14. The number of piperazine rings is 1. The van der Waals surface area contributed by atoms with Crippen molar-refractivity contribution in [3.05, 3.63) is 71.0 Å². The van der Waals surface area contributed by atoms with Gasteiger partial charge in [0.1, 0.15) is 17.8 Å². The molecule has 0 spiro atoms. The second kappa shape index (κ2) is 8.68. The van der Waals surface area contributed by atoms with Crippen molar-refractivity contribution in [3.8, 4) is 11.6 Å². The van der Waals surface area contributed by atoms with Crippen molar-refractivity contribution in [2.75, 3.05) is 36.8 Å². The molecule has 1 fully saturated rings. The third-order valence-corrected chi connectivity index (χ3v) is 5.52. The first-order valence-electron chi connectivity index (χ1n) is 9.66. The first-order chi connectivity index (χ1) is 14.1. The lowest BCUT2D eigenvalue weighted by Gasteiger charge is -2.35. The van der Waals surface area contributed by atoms with Gasteiger partial charge in [-0.05, 0) is 36.2 Å². The molecule has 2 aromatic carbocycles. The number of hydrogen-bond donors (Lipinski definition) is 1. The molecule has 1 aromatic heterocycles. The molecule has 0 atom stereocenters. The van der Waals surface area contributed by atoms with E-state index in [-0.39, 0.29) is 0 Å². The van der Waals surface area contributed by atoms with Crippen LogP contribution in [0.25, 0.3) is 0 Å². The van der Waals surface area contributed by atoms with Crippen LogP contribution in [0.5, 0.6) is 11.6 Å². The normalized spacial score (nSPS) is 14.8. The molecule has 2 N–H and O–H groups in total. The Morgan fingerprint density at radius 2 is 1.79 bits per heavy atom. The second-order valence-corrected chi connectivity index (χ2v) is 7.59. The molecule has 0 radical (unpaired) electrons. The Kier molecular flexibility index (Phi) is 5.83. The molecule has 150 valence electrons. The predicted molar refractivity (Wildman–Crippen MR) is 117 cm³/mol. The quantitative estimate of drug-likeness (QED) is 0.683. The molecule has 7 heteroatoms. The molecule has 0 bridgehead atoms. The van der Waals surface area contributed by atoms with Crippen molar-refractivity contribution in [3.63, 3.8) is 0 Å². The van der Waals surface area contributed by atoms with Crippen molar-refractivity contribution in [2.24, 2.45) is 0 Å². The lowest BCUT2D eigenvalue weighted by Crippen LogP contribution is -2.46. The van der Waals surface area contributed by atoms with Gasteiger partial charge >= 0.3 is 0 Å². The molecule has 0 amide bonds. The number of rotatable bonds is 5. The van der Waals surface area contributed by atoms with E-state index < -0.39 is 0 Å². The molecule has 1 aliphatic heterocycles. The Balaban J connectivity index is 1.43. The Morgan fingerprint density at radius 3 is 2.52 bits per heavy atom. The summed E-state index contributed by atoms with van der Waals surface area (Å²) < 4.78 is 5.90. The monoisotopic (exact) mass is 409 g/mol. The summed E-state index contributed by atoms with van der Waals surface area (Å²) in [5, 5.41) is 0.696. The van der Waals surface area contributed by atoms with E-state index in [1.807, 2.05) is 19.1 Å². The topological polar surface area (TPSA) is 67.5 Å². The molecule has 0 unspecified atom stereocenters. The zero-order chi connectivity index (χ0) is 20.2. The molecule has 0 saturated carbocycles. The minimum absolute atomic E-state index is 0.364.